The lowest BCUT2D eigenvalue weighted by Gasteiger charge is -2.27. The van der Waals surface area contributed by atoms with Gasteiger partial charge in [0.15, 0.2) is 5.11 Å². The van der Waals surface area contributed by atoms with Crippen molar-refractivity contribution >= 4 is 23.0 Å². The molecule has 1 atom stereocenters. The van der Waals surface area contributed by atoms with E-state index in [2.05, 4.69) is 46.6 Å². The van der Waals surface area contributed by atoms with E-state index in [9.17, 15) is 0 Å². The number of nitrogens with one attached hydrogen (secondary N) is 1. The predicted octanol–water partition coefficient (Wildman–Crippen LogP) is 3.75. The first-order valence-corrected chi connectivity index (χ1v) is 8.50. The molecule has 0 spiro atoms. The Morgan fingerprint density at radius 1 is 1.09 bits per heavy atom. The van der Waals surface area contributed by atoms with Gasteiger partial charge in [-0.15, -0.1) is 0 Å². The molecule has 1 N–H and O–H groups in total. The topological polar surface area (TPSA) is 24.5 Å². The highest BCUT2D eigenvalue weighted by Gasteiger charge is 2.18. The van der Waals surface area contributed by atoms with Crippen molar-refractivity contribution in [2.24, 2.45) is 0 Å². The summed E-state index contributed by atoms with van der Waals surface area (Å²) in [5.74, 6) is 0. The molecule has 3 nitrogen and oxygen atoms in total. The van der Waals surface area contributed by atoms with Gasteiger partial charge in [0.2, 0.25) is 0 Å². The second kappa shape index (κ2) is 8.09. The number of rotatable bonds is 5. The summed E-state index contributed by atoms with van der Waals surface area (Å²) in [6.07, 6.45) is 2.54. The Kier molecular flexibility index (Phi) is 5.61. The van der Waals surface area contributed by atoms with Gasteiger partial charge in [0.05, 0.1) is 12.6 Å². The summed E-state index contributed by atoms with van der Waals surface area (Å²) in [5, 5.41) is 4.12. The highest BCUT2D eigenvalue weighted by atomic mass is 32.1. The molecule has 1 heterocycles. The van der Waals surface area contributed by atoms with E-state index in [0.29, 0.717) is 0 Å². The fourth-order valence-electron chi connectivity index (χ4n) is 2.76. The molecule has 2 aromatic rings. The smallest absolute Gasteiger partial charge is 0.173 e. The molecule has 0 aliphatic carbocycles. The SMILES string of the molecule is S=C(NC[C@@H]1CCCO1)N(Cc1ccccc1)c1ccccc1. The van der Waals surface area contributed by atoms with Gasteiger partial charge in [0, 0.05) is 18.8 Å². The van der Waals surface area contributed by atoms with Crippen LogP contribution in [0.15, 0.2) is 60.7 Å². The third-order valence-electron chi connectivity index (χ3n) is 4.00. The predicted molar refractivity (Wildman–Crippen MR) is 98.6 cm³/mol. The quantitative estimate of drug-likeness (QED) is 0.846. The van der Waals surface area contributed by atoms with Crippen molar-refractivity contribution in [3.05, 3.63) is 66.2 Å². The van der Waals surface area contributed by atoms with Crippen LogP contribution in [0.25, 0.3) is 0 Å². The summed E-state index contributed by atoms with van der Waals surface area (Å²) < 4.78 is 5.67. The number of ether oxygens (including phenoxy) is 1. The number of hydrogen-bond donors (Lipinski definition) is 1. The molecule has 0 unspecified atom stereocenters. The molecule has 120 valence electrons. The molecule has 1 aliphatic heterocycles. The molecule has 0 amide bonds. The molecule has 2 aromatic carbocycles. The van der Waals surface area contributed by atoms with Gasteiger partial charge in [-0.25, -0.2) is 0 Å². The normalized spacial score (nSPS) is 17.0. The maximum absolute atomic E-state index is 5.67. The van der Waals surface area contributed by atoms with E-state index in [1.165, 1.54) is 5.56 Å². The molecular weight excluding hydrogens is 304 g/mol. The van der Waals surface area contributed by atoms with E-state index in [4.69, 9.17) is 17.0 Å². The summed E-state index contributed by atoms with van der Waals surface area (Å²) in [5.41, 5.74) is 2.33. The van der Waals surface area contributed by atoms with Crippen molar-refractivity contribution in [3.63, 3.8) is 0 Å². The van der Waals surface area contributed by atoms with Crippen molar-refractivity contribution in [1.82, 2.24) is 5.32 Å². The second-order valence-electron chi connectivity index (χ2n) is 5.73. The molecule has 0 aromatic heterocycles. The van der Waals surface area contributed by atoms with E-state index >= 15 is 0 Å². The van der Waals surface area contributed by atoms with Crippen LogP contribution in [0, 0.1) is 0 Å². The number of benzene rings is 2. The van der Waals surface area contributed by atoms with Crippen molar-refractivity contribution in [2.75, 3.05) is 18.1 Å². The van der Waals surface area contributed by atoms with Crippen molar-refractivity contribution in [1.29, 1.82) is 0 Å². The third kappa shape index (κ3) is 4.53. The minimum atomic E-state index is 0.280. The zero-order valence-corrected chi connectivity index (χ0v) is 14.0. The number of para-hydroxylation sites is 1. The molecule has 3 rings (SSSR count). The van der Waals surface area contributed by atoms with Gasteiger partial charge >= 0.3 is 0 Å². The van der Waals surface area contributed by atoms with Gasteiger partial charge in [0.25, 0.3) is 0 Å². The average molecular weight is 326 g/mol. The molecule has 1 saturated heterocycles. The van der Waals surface area contributed by atoms with Gasteiger partial charge in [0.1, 0.15) is 0 Å². The van der Waals surface area contributed by atoms with E-state index in [-0.39, 0.29) is 6.10 Å². The number of thiocarbonyl (C=S) groups is 1. The van der Waals surface area contributed by atoms with Crippen LogP contribution >= 0.6 is 12.2 Å². The van der Waals surface area contributed by atoms with Crippen LogP contribution in [-0.4, -0.2) is 24.4 Å². The molecule has 0 radical (unpaired) electrons. The molecule has 1 fully saturated rings. The van der Waals surface area contributed by atoms with Gasteiger partial charge in [-0.1, -0.05) is 48.5 Å². The van der Waals surface area contributed by atoms with Crippen LogP contribution in [0.4, 0.5) is 5.69 Å². The highest BCUT2D eigenvalue weighted by Crippen LogP contribution is 2.18. The first-order chi connectivity index (χ1) is 11.3. The number of hydrogen-bond acceptors (Lipinski definition) is 2. The van der Waals surface area contributed by atoms with E-state index in [1.807, 2.05) is 24.3 Å². The van der Waals surface area contributed by atoms with Crippen molar-refractivity contribution in [2.45, 2.75) is 25.5 Å². The number of nitrogens with zero attached hydrogens (tertiary/aromatic N) is 1. The Morgan fingerprint density at radius 3 is 2.43 bits per heavy atom. The Labute approximate surface area is 143 Å². The minimum absolute atomic E-state index is 0.280. The van der Waals surface area contributed by atoms with Gasteiger partial charge in [-0.2, -0.15) is 0 Å². The van der Waals surface area contributed by atoms with E-state index in [1.54, 1.807) is 0 Å². The summed E-state index contributed by atoms with van der Waals surface area (Å²) in [4.78, 5) is 2.14. The Balaban J connectivity index is 1.70. The van der Waals surface area contributed by atoms with Crippen molar-refractivity contribution in [3.8, 4) is 0 Å². The third-order valence-corrected chi connectivity index (χ3v) is 4.37. The summed E-state index contributed by atoms with van der Waals surface area (Å²) in [6.45, 7) is 2.39. The zero-order valence-electron chi connectivity index (χ0n) is 13.2. The summed E-state index contributed by atoms with van der Waals surface area (Å²) in [6, 6.07) is 20.7. The van der Waals surface area contributed by atoms with Crippen molar-refractivity contribution < 1.29 is 4.74 Å². The second-order valence-corrected chi connectivity index (χ2v) is 6.12. The fourth-order valence-corrected chi connectivity index (χ4v) is 3.01. The largest absolute Gasteiger partial charge is 0.376 e. The average Bonchev–Trinajstić information content (AvgIpc) is 3.13. The zero-order chi connectivity index (χ0) is 15.9. The molecular formula is C19H22N2OS. The van der Waals surface area contributed by atoms with E-state index < -0.39 is 0 Å². The van der Waals surface area contributed by atoms with Gasteiger partial charge in [-0.05, 0) is 42.8 Å². The molecule has 4 heteroatoms. The lowest BCUT2D eigenvalue weighted by molar-refractivity contribution is 0.114. The molecule has 23 heavy (non-hydrogen) atoms. The first kappa shape index (κ1) is 16.0. The lowest BCUT2D eigenvalue weighted by Crippen LogP contribution is -2.42. The number of anilines is 1. The van der Waals surface area contributed by atoms with Crippen LogP contribution < -0.4 is 10.2 Å². The summed E-state index contributed by atoms with van der Waals surface area (Å²) in [7, 11) is 0. The Bertz CT molecular complexity index is 612. The lowest BCUT2D eigenvalue weighted by atomic mass is 10.2. The summed E-state index contributed by atoms with van der Waals surface area (Å²) >= 11 is 5.65. The fraction of sp³-hybridized carbons (Fsp3) is 0.316. The first-order valence-electron chi connectivity index (χ1n) is 8.09. The van der Waals surface area contributed by atoms with Crippen LogP contribution in [0.5, 0.6) is 0 Å². The highest BCUT2D eigenvalue weighted by molar-refractivity contribution is 7.80. The van der Waals surface area contributed by atoms with Gasteiger partial charge in [-0.3, -0.25) is 0 Å². The maximum Gasteiger partial charge on any atom is 0.173 e. The molecule has 1 aliphatic rings. The van der Waals surface area contributed by atoms with Crippen LogP contribution in [0.1, 0.15) is 18.4 Å². The molecule has 0 saturated carbocycles. The van der Waals surface area contributed by atoms with Gasteiger partial charge < -0.3 is 15.0 Å². The van der Waals surface area contributed by atoms with Crippen LogP contribution in [0.2, 0.25) is 0 Å². The monoisotopic (exact) mass is 326 g/mol. The minimum Gasteiger partial charge on any atom is -0.376 e. The van der Waals surface area contributed by atoms with Crippen LogP contribution in [-0.2, 0) is 11.3 Å². The standard InChI is InChI=1S/C19H22N2OS/c23-19(20-14-18-12-7-13-22-18)21(17-10-5-2-6-11-17)15-16-8-3-1-4-9-16/h1-6,8-11,18H,7,12-15H2,(H,20,23)/t18-/m0/s1. The molecule has 0 bridgehead atoms. The van der Waals surface area contributed by atoms with E-state index in [0.717, 1.165) is 43.3 Å². The maximum atomic E-state index is 5.67. The van der Waals surface area contributed by atoms with Crippen LogP contribution in [0.3, 0.4) is 0 Å². The Morgan fingerprint density at radius 2 is 1.78 bits per heavy atom. The Hall–Kier alpha value is -1.91.